The summed E-state index contributed by atoms with van der Waals surface area (Å²) in [6, 6.07) is 19.6. The predicted octanol–water partition coefficient (Wildman–Crippen LogP) is 5.75. The number of thiophene rings is 1. The molecule has 0 fully saturated rings. The SMILES string of the molecule is O=C(Nc1ccc(OC(F)(F)F)cc1)c1cc(-c2cccs2)nn1-c1ccccc1. The molecule has 0 aliphatic carbocycles. The van der Waals surface area contributed by atoms with Gasteiger partial charge in [-0.05, 0) is 53.9 Å². The van der Waals surface area contributed by atoms with Gasteiger partial charge in [0.05, 0.1) is 10.6 Å². The van der Waals surface area contributed by atoms with Gasteiger partial charge in [0.2, 0.25) is 0 Å². The van der Waals surface area contributed by atoms with Crippen LogP contribution in [0.1, 0.15) is 10.5 Å². The fourth-order valence-electron chi connectivity index (χ4n) is 2.79. The maximum Gasteiger partial charge on any atom is 0.573 e. The highest BCUT2D eigenvalue weighted by Crippen LogP contribution is 2.27. The van der Waals surface area contributed by atoms with Crippen molar-refractivity contribution in [1.29, 1.82) is 0 Å². The zero-order chi connectivity index (χ0) is 21.1. The second-order valence-electron chi connectivity index (χ2n) is 6.17. The number of halogens is 3. The van der Waals surface area contributed by atoms with Gasteiger partial charge < -0.3 is 10.1 Å². The van der Waals surface area contributed by atoms with E-state index in [0.717, 1.165) is 17.0 Å². The number of ether oxygens (including phenoxy) is 1. The average Bonchev–Trinajstić information content (AvgIpc) is 3.39. The van der Waals surface area contributed by atoms with E-state index in [1.807, 2.05) is 47.8 Å². The van der Waals surface area contributed by atoms with Gasteiger partial charge in [-0.2, -0.15) is 5.10 Å². The van der Waals surface area contributed by atoms with E-state index in [-0.39, 0.29) is 5.75 Å². The molecule has 4 aromatic rings. The molecule has 0 aliphatic heterocycles. The highest BCUT2D eigenvalue weighted by atomic mass is 32.1. The molecule has 9 heteroatoms. The fraction of sp³-hybridized carbons (Fsp3) is 0.0476. The summed E-state index contributed by atoms with van der Waals surface area (Å²) in [5.74, 6) is -0.812. The van der Waals surface area contributed by atoms with Crippen LogP contribution in [0.15, 0.2) is 78.2 Å². The molecule has 1 N–H and O–H groups in total. The molecule has 0 unspecified atom stereocenters. The second kappa shape index (κ2) is 8.03. The molecule has 0 saturated carbocycles. The van der Waals surface area contributed by atoms with Crippen LogP contribution in [0.2, 0.25) is 0 Å². The highest BCUT2D eigenvalue weighted by Gasteiger charge is 2.31. The minimum absolute atomic E-state index is 0.292. The van der Waals surface area contributed by atoms with Crippen LogP contribution in [0.3, 0.4) is 0 Å². The number of rotatable bonds is 5. The normalized spacial score (nSPS) is 11.3. The first-order chi connectivity index (χ1) is 14.4. The molecular formula is C21H14F3N3O2S. The summed E-state index contributed by atoms with van der Waals surface area (Å²) in [6.45, 7) is 0. The van der Waals surface area contributed by atoms with Gasteiger partial charge in [-0.15, -0.1) is 24.5 Å². The van der Waals surface area contributed by atoms with Gasteiger partial charge in [0.25, 0.3) is 5.91 Å². The summed E-state index contributed by atoms with van der Waals surface area (Å²) < 4.78 is 42.3. The quantitative estimate of drug-likeness (QED) is 0.439. The summed E-state index contributed by atoms with van der Waals surface area (Å²) in [7, 11) is 0. The molecule has 0 saturated heterocycles. The zero-order valence-electron chi connectivity index (χ0n) is 15.3. The van der Waals surface area contributed by atoms with Crippen molar-refractivity contribution in [2.45, 2.75) is 6.36 Å². The van der Waals surface area contributed by atoms with Crippen molar-refractivity contribution in [2.75, 3.05) is 5.32 Å². The van der Waals surface area contributed by atoms with Gasteiger partial charge in [-0.3, -0.25) is 4.79 Å². The lowest BCUT2D eigenvalue weighted by Gasteiger charge is -2.10. The van der Waals surface area contributed by atoms with E-state index < -0.39 is 12.3 Å². The molecule has 0 atom stereocenters. The maximum absolute atomic E-state index is 12.9. The lowest BCUT2D eigenvalue weighted by Crippen LogP contribution is -2.18. The molecule has 2 heterocycles. The molecule has 0 radical (unpaired) electrons. The van der Waals surface area contributed by atoms with Crippen molar-refractivity contribution in [1.82, 2.24) is 9.78 Å². The maximum atomic E-state index is 12.9. The van der Waals surface area contributed by atoms with Gasteiger partial charge >= 0.3 is 6.36 Å². The molecule has 0 aliphatic rings. The Bertz CT molecular complexity index is 1140. The van der Waals surface area contributed by atoms with E-state index >= 15 is 0 Å². The van der Waals surface area contributed by atoms with Crippen LogP contribution in [-0.2, 0) is 0 Å². The first kappa shape index (κ1) is 19.7. The lowest BCUT2D eigenvalue weighted by atomic mass is 10.2. The number of alkyl halides is 3. The number of hydrogen-bond acceptors (Lipinski definition) is 4. The molecule has 0 spiro atoms. The Labute approximate surface area is 173 Å². The molecule has 5 nitrogen and oxygen atoms in total. The Balaban J connectivity index is 1.62. The minimum atomic E-state index is -4.77. The Kier molecular flexibility index (Phi) is 5.28. The van der Waals surface area contributed by atoms with Crippen LogP contribution < -0.4 is 10.1 Å². The minimum Gasteiger partial charge on any atom is -0.406 e. The predicted molar refractivity (Wildman–Crippen MR) is 108 cm³/mol. The first-order valence-corrected chi connectivity index (χ1v) is 9.63. The Hall–Kier alpha value is -3.59. The smallest absolute Gasteiger partial charge is 0.406 e. The van der Waals surface area contributed by atoms with E-state index in [2.05, 4.69) is 15.2 Å². The second-order valence-corrected chi connectivity index (χ2v) is 7.11. The summed E-state index contributed by atoms with van der Waals surface area (Å²) in [4.78, 5) is 13.8. The number of aromatic nitrogens is 2. The van der Waals surface area contributed by atoms with Crippen molar-refractivity contribution >= 4 is 22.9 Å². The van der Waals surface area contributed by atoms with Crippen LogP contribution in [0, 0.1) is 0 Å². The highest BCUT2D eigenvalue weighted by molar-refractivity contribution is 7.13. The molecule has 1 amide bonds. The van der Waals surface area contributed by atoms with Crippen molar-refractivity contribution in [2.24, 2.45) is 0 Å². The molecule has 2 aromatic carbocycles. The number of amides is 1. The summed E-state index contributed by atoms with van der Waals surface area (Å²) in [5.41, 5.74) is 1.97. The first-order valence-electron chi connectivity index (χ1n) is 8.75. The topological polar surface area (TPSA) is 56.1 Å². The number of benzene rings is 2. The Morgan fingerprint density at radius 2 is 1.73 bits per heavy atom. The molecule has 2 aromatic heterocycles. The van der Waals surface area contributed by atoms with E-state index in [1.54, 1.807) is 6.07 Å². The molecule has 152 valence electrons. The van der Waals surface area contributed by atoms with E-state index in [0.29, 0.717) is 22.8 Å². The van der Waals surface area contributed by atoms with Crippen LogP contribution in [0.5, 0.6) is 5.75 Å². The van der Waals surface area contributed by atoms with Crippen molar-refractivity contribution in [3.05, 3.63) is 83.9 Å². The standard InChI is InChI=1S/C21H14F3N3O2S/c22-21(23,24)29-16-10-8-14(9-11-16)25-20(28)18-13-17(19-7-4-12-30-19)26-27(18)15-5-2-1-3-6-15/h1-13H,(H,25,28). The van der Waals surface area contributed by atoms with Gasteiger partial charge in [0.15, 0.2) is 0 Å². The van der Waals surface area contributed by atoms with Crippen LogP contribution in [-0.4, -0.2) is 22.1 Å². The number of nitrogens with zero attached hydrogens (tertiary/aromatic N) is 2. The fourth-order valence-corrected chi connectivity index (χ4v) is 3.47. The van der Waals surface area contributed by atoms with Crippen LogP contribution in [0.4, 0.5) is 18.9 Å². The third-order valence-electron chi connectivity index (χ3n) is 4.06. The Morgan fingerprint density at radius 1 is 1.00 bits per heavy atom. The average molecular weight is 429 g/mol. The lowest BCUT2D eigenvalue weighted by molar-refractivity contribution is -0.274. The van der Waals surface area contributed by atoms with Gasteiger partial charge in [-0.1, -0.05) is 24.3 Å². The summed E-state index contributed by atoms with van der Waals surface area (Å²) in [5, 5.41) is 9.16. The molecule has 4 rings (SSSR count). The van der Waals surface area contributed by atoms with Crippen LogP contribution in [0.25, 0.3) is 16.3 Å². The number of carbonyl (C=O) groups excluding carboxylic acids is 1. The van der Waals surface area contributed by atoms with Crippen molar-refractivity contribution < 1.29 is 22.7 Å². The number of para-hydroxylation sites is 1. The third-order valence-corrected chi connectivity index (χ3v) is 4.95. The van der Waals surface area contributed by atoms with Crippen LogP contribution >= 0.6 is 11.3 Å². The van der Waals surface area contributed by atoms with Crippen molar-refractivity contribution in [3.8, 4) is 22.0 Å². The Morgan fingerprint density at radius 3 is 2.37 bits per heavy atom. The number of hydrogen-bond donors (Lipinski definition) is 1. The van der Waals surface area contributed by atoms with Gasteiger partial charge in [0.1, 0.15) is 17.1 Å². The van der Waals surface area contributed by atoms with Crippen molar-refractivity contribution in [3.63, 3.8) is 0 Å². The number of carbonyl (C=O) groups is 1. The summed E-state index contributed by atoms with van der Waals surface area (Å²) in [6.07, 6.45) is -4.77. The largest absolute Gasteiger partial charge is 0.573 e. The third kappa shape index (κ3) is 4.52. The van der Waals surface area contributed by atoms with Gasteiger partial charge in [0, 0.05) is 5.69 Å². The number of nitrogens with one attached hydrogen (secondary N) is 1. The zero-order valence-corrected chi connectivity index (χ0v) is 16.1. The van der Waals surface area contributed by atoms with E-state index in [4.69, 9.17) is 0 Å². The van der Waals surface area contributed by atoms with E-state index in [9.17, 15) is 18.0 Å². The molecule has 30 heavy (non-hydrogen) atoms. The van der Waals surface area contributed by atoms with E-state index in [1.165, 1.54) is 28.2 Å². The molecular weight excluding hydrogens is 415 g/mol. The summed E-state index contributed by atoms with van der Waals surface area (Å²) >= 11 is 1.50. The number of anilines is 1. The monoisotopic (exact) mass is 429 g/mol. The molecule has 0 bridgehead atoms. The van der Waals surface area contributed by atoms with Gasteiger partial charge in [-0.25, -0.2) is 4.68 Å².